The molecule has 0 amide bonds. The van der Waals surface area contributed by atoms with Crippen molar-refractivity contribution < 1.29 is 28.6 Å². The third kappa shape index (κ3) is 69.8. The van der Waals surface area contributed by atoms with E-state index in [-0.39, 0.29) is 31.1 Å². The van der Waals surface area contributed by atoms with Crippen LogP contribution in [0.1, 0.15) is 393 Å². The van der Waals surface area contributed by atoms with Crippen LogP contribution in [0.3, 0.4) is 0 Å². The second-order valence-corrected chi connectivity index (χ2v) is 24.8. The summed E-state index contributed by atoms with van der Waals surface area (Å²) in [4.78, 5) is 38.5. The quantitative estimate of drug-likeness (QED) is 0.0261. The van der Waals surface area contributed by atoms with Gasteiger partial charge in [0.2, 0.25) is 0 Å². The fourth-order valence-corrected chi connectivity index (χ4v) is 10.9. The van der Waals surface area contributed by atoms with Crippen molar-refractivity contribution in [3.05, 3.63) is 60.8 Å². The van der Waals surface area contributed by atoms with Gasteiger partial charge in [-0.25, -0.2) is 0 Å². The van der Waals surface area contributed by atoms with Crippen molar-refractivity contribution in [3.63, 3.8) is 0 Å². The van der Waals surface area contributed by atoms with Crippen LogP contribution in [0.4, 0.5) is 0 Å². The van der Waals surface area contributed by atoms with Crippen LogP contribution in [-0.2, 0) is 28.6 Å². The molecule has 0 aromatic carbocycles. The van der Waals surface area contributed by atoms with Crippen molar-refractivity contribution in [1.82, 2.24) is 0 Å². The second kappa shape index (κ2) is 71.6. The topological polar surface area (TPSA) is 78.9 Å². The molecule has 0 bridgehead atoms. The van der Waals surface area contributed by atoms with Crippen LogP contribution in [0.2, 0.25) is 0 Å². The van der Waals surface area contributed by atoms with Crippen molar-refractivity contribution in [2.24, 2.45) is 0 Å². The minimum atomic E-state index is -0.780. The third-order valence-electron chi connectivity index (χ3n) is 16.5. The van der Waals surface area contributed by atoms with E-state index in [1.54, 1.807) is 0 Å². The number of carbonyl (C=O) groups is 3. The molecule has 0 fully saturated rings. The minimum absolute atomic E-state index is 0.0747. The molecule has 0 rings (SSSR count). The van der Waals surface area contributed by atoms with E-state index < -0.39 is 6.10 Å². The molecule has 83 heavy (non-hydrogen) atoms. The van der Waals surface area contributed by atoms with E-state index in [2.05, 4.69) is 81.5 Å². The minimum Gasteiger partial charge on any atom is -0.462 e. The molecule has 0 spiro atoms. The predicted molar refractivity (Wildman–Crippen MR) is 362 cm³/mol. The number of esters is 3. The number of hydrogen-bond donors (Lipinski definition) is 0. The Morgan fingerprint density at radius 3 is 0.687 bits per heavy atom. The average Bonchev–Trinajstić information content (AvgIpc) is 3.49. The number of allylic oxidation sites excluding steroid dienone is 10. The highest BCUT2D eigenvalue weighted by atomic mass is 16.6. The summed E-state index contributed by atoms with van der Waals surface area (Å²) in [7, 11) is 0. The van der Waals surface area contributed by atoms with E-state index >= 15 is 0 Å². The first-order valence-electron chi connectivity index (χ1n) is 36.8. The van der Waals surface area contributed by atoms with Gasteiger partial charge in [-0.1, -0.05) is 326 Å². The lowest BCUT2D eigenvalue weighted by Crippen LogP contribution is -2.30. The summed E-state index contributed by atoms with van der Waals surface area (Å²) in [5.74, 6) is -0.861. The van der Waals surface area contributed by atoms with Crippen LogP contribution >= 0.6 is 0 Å². The van der Waals surface area contributed by atoms with Gasteiger partial charge in [0, 0.05) is 19.3 Å². The first-order chi connectivity index (χ1) is 41.0. The first-order valence-corrected chi connectivity index (χ1v) is 36.8. The Morgan fingerprint density at radius 1 is 0.241 bits per heavy atom. The van der Waals surface area contributed by atoms with Gasteiger partial charge in [-0.15, -0.1) is 0 Å². The largest absolute Gasteiger partial charge is 0.462 e. The molecule has 484 valence electrons. The van der Waals surface area contributed by atoms with E-state index in [1.165, 1.54) is 276 Å². The van der Waals surface area contributed by atoms with Crippen molar-refractivity contribution in [2.75, 3.05) is 13.2 Å². The smallest absolute Gasteiger partial charge is 0.306 e. The van der Waals surface area contributed by atoms with E-state index in [0.717, 1.165) is 77.0 Å². The molecule has 0 radical (unpaired) electrons. The highest BCUT2D eigenvalue weighted by Crippen LogP contribution is 2.18. The van der Waals surface area contributed by atoms with Gasteiger partial charge in [0.25, 0.3) is 0 Å². The summed E-state index contributed by atoms with van der Waals surface area (Å²) in [6.45, 7) is 6.68. The highest BCUT2D eigenvalue weighted by Gasteiger charge is 2.19. The van der Waals surface area contributed by atoms with E-state index in [4.69, 9.17) is 14.2 Å². The summed E-state index contributed by atoms with van der Waals surface area (Å²) in [5, 5.41) is 0. The van der Waals surface area contributed by atoms with Gasteiger partial charge in [-0.05, 0) is 109 Å². The van der Waals surface area contributed by atoms with E-state index in [9.17, 15) is 14.4 Å². The standard InChI is InChI=1S/C77H140O6/c1-4-7-10-13-16-19-22-25-28-30-32-34-35-36-37-38-39-40-41-43-44-46-49-52-55-58-61-64-67-70-76(79)82-73-74(72-81-75(78)69-66-63-60-57-54-51-48-27-24-21-18-15-12-9-6-3)83-77(80)71-68-65-62-59-56-53-50-47-45-42-33-31-29-26-23-20-17-14-11-8-5-2/h22,25,27,30-33,35-36,48,74H,4-21,23-24,26,28-29,34,37-47,49-73H2,1-3H3/b25-22-,32-30-,33-31-,36-35-,48-27-. The molecule has 0 aliphatic rings. The predicted octanol–water partition coefficient (Wildman–Crippen LogP) is 25.5. The Kier molecular flexibility index (Phi) is 69.1. The molecule has 0 aliphatic heterocycles. The van der Waals surface area contributed by atoms with E-state index in [1.807, 2.05) is 0 Å². The van der Waals surface area contributed by atoms with E-state index in [0.29, 0.717) is 19.3 Å². The van der Waals surface area contributed by atoms with Crippen LogP contribution in [0.5, 0.6) is 0 Å². The van der Waals surface area contributed by atoms with Gasteiger partial charge in [-0.3, -0.25) is 14.4 Å². The number of carbonyl (C=O) groups excluding carboxylic acids is 3. The molecule has 0 N–H and O–H groups in total. The summed E-state index contributed by atoms with van der Waals surface area (Å²) in [6, 6.07) is 0. The van der Waals surface area contributed by atoms with Gasteiger partial charge < -0.3 is 14.2 Å². The molecule has 6 heteroatoms. The lowest BCUT2D eigenvalue weighted by Gasteiger charge is -2.18. The van der Waals surface area contributed by atoms with Crippen LogP contribution < -0.4 is 0 Å². The highest BCUT2D eigenvalue weighted by molar-refractivity contribution is 5.71. The van der Waals surface area contributed by atoms with Crippen molar-refractivity contribution >= 4 is 17.9 Å². The SMILES string of the molecule is CCCCCCC/C=C\C/C=C\C/C=C\CCCCCCCCCCCCCCCCC(=O)OCC(COC(=O)CCCCCCC/C=C\CCCCCCCC)OC(=O)CCCCCCCCCCC/C=C\CCCCCCCCCC. The summed E-state index contributed by atoms with van der Waals surface area (Å²) in [5.41, 5.74) is 0. The van der Waals surface area contributed by atoms with Gasteiger partial charge >= 0.3 is 17.9 Å². The zero-order valence-electron chi connectivity index (χ0n) is 55.7. The lowest BCUT2D eigenvalue weighted by atomic mass is 10.0. The molecule has 0 saturated heterocycles. The zero-order chi connectivity index (χ0) is 59.9. The van der Waals surface area contributed by atoms with Gasteiger partial charge in [0.05, 0.1) is 0 Å². The van der Waals surface area contributed by atoms with Gasteiger partial charge in [-0.2, -0.15) is 0 Å². The maximum atomic E-state index is 13.0. The molecule has 6 nitrogen and oxygen atoms in total. The average molecular weight is 1160 g/mol. The van der Waals surface area contributed by atoms with Crippen LogP contribution in [0.15, 0.2) is 60.8 Å². The molecule has 0 heterocycles. The van der Waals surface area contributed by atoms with Crippen LogP contribution in [0.25, 0.3) is 0 Å². The maximum Gasteiger partial charge on any atom is 0.306 e. The summed E-state index contributed by atoms with van der Waals surface area (Å²) < 4.78 is 17.0. The molecule has 0 aromatic rings. The Balaban J connectivity index is 4.26. The summed E-state index contributed by atoms with van der Waals surface area (Å²) in [6.07, 6.45) is 92.5. The second-order valence-electron chi connectivity index (χ2n) is 24.8. The Morgan fingerprint density at radius 2 is 0.434 bits per heavy atom. The molecular formula is C77H140O6. The first kappa shape index (κ1) is 80.1. The Labute approximate surface area is 517 Å². The van der Waals surface area contributed by atoms with Crippen molar-refractivity contribution in [2.45, 2.75) is 399 Å². The number of hydrogen-bond acceptors (Lipinski definition) is 6. The molecule has 0 aromatic heterocycles. The van der Waals surface area contributed by atoms with Crippen LogP contribution in [0, 0.1) is 0 Å². The van der Waals surface area contributed by atoms with Crippen molar-refractivity contribution in [1.29, 1.82) is 0 Å². The van der Waals surface area contributed by atoms with Crippen LogP contribution in [-0.4, -0.2) is 37.2 Å². The van der Waals surface area contributed by atoms with Gasteiger partial charge in [0.1, 0.15) is 13.2 Å². The summed E-state index contributed by atoms with van der Waals surface area (Å²) >= 11 is 0. The number of rotatable bonds is 68. The lowest BCUT2D eigenvalue weighted by molar-refractivity contribution is -0.167. The normalized spacial score (nSPS) is 12.4. The Bertz CT molecular complexity index is 1470. The van der Waals surface area contributed by atoms with Crippen molar-refractivity contribution in [3.8, 4) is 0 Å². The molecular weight excluding hydrogens is 1020 g/mol. The maximum absolute atomic E-state index is 13.0. The molecule has 1 unspecified atom stereocenters. The molecule has 0 saturated carbocycles. The third-order valence-corrected chi connectivity index (χ3v) is 16.5. The fraction of sp³-hybridized carbons (Fsp3) is 0.831. The van der Waals surface area contributed by atoms with Gasteiger partial charge in [0.15, 0.2) is 6.10 Å². The molecule has 1 atom stereocenters. The molecule has 0 aliphatic carbocycles. The fourth-order valence-electron chi connectivity index (χ4n) is 10.9. The number of unbranched alkanes of at least 4 members (excludes halogenated alkanes) is 47. The monoisotopic (exact) mass is 1160 g/mol. The Hall–Kier alpha value is -2.89. The number of ether oxygens (including phenoxy) is 3. The zero-order valence-corrected chi connectivity index (χ0v) is 55.7.